The van der Waals surface area contributed by atoms with E-state index in [4.69, 9.17) is 23.2 Å². The van der Waals surface area contributed by atoms with E-state index >= 15 is 0 Å². The molecule has 0 saturated heterocycles. The number of carbonyl (C=O) groups is 2. The summed E-state index contributed by atoms with van der Waals surface area (Å²) >= 11 is 12.1. The molecule has 0 aromatic heterocycles. The van der Waals surface area contributed by atoms with Gasteiger partial charge in [-0.2, -0.15) is 0 Å². The van der Waals surface area contributed by atoms with Gasteiger partial charge >= 0.3 is 5.97 Å². The Balaban J connectivity index is 1.83. The molecule has 0 aliphatic heterocycles. The molecule has 1 N–H and O–H groups in total. The smallest absolute Gasteiger partial charge is 0.337 e. The van der Waals surface area contributed by atoms with Crippen LogP contribution in [-0.2, 0) is 22.5 Å². The van der Waals surface area contributed by atoms with Crippen LogP contribution < -0.4 is 5.32 Å². The van der Waals surface area contributed by atoms with E-state index in [1.54, 1.807) is 30.3 Å². The van der Waals surface area contributed by atoms with Gasteiger partial charge < -0.3 is 10.1 Å². The summed E-state index contributed by atoms with van der Waals surface area (Å²) in [6, 6.07) is 12.3. The zero-order valence-corrected chi connectivity index (χ0v) is 14.7. The highest BCUT2D eigenvalue weighted by Gasteiger charge is 2.08. The Bertz CT molecular complexity index is 730. The Morgan fingerprint density at radius 2 is 1.79 bits per heavy atom. The lowest BCUT2D eigenvalue weighted by Crippen LogP contribution is -2.23. The normalized spacial score (nSPS) is 10.3. The molecule has 0 fully saturated rings. The monoisotopic (exact) mass is 365 g/mol. The summed E-state index contributed by atoms with van der Waals surface area (Å²) < 4.78 is 4.64. The molecule has 0 atom stereocenters. The first-order valence-corrected chi connectivity index (χ1v) is 8.13. The maximum absolute atomic E-state index is 11.9. The molecule has 0 aliphatic carbocycles. The van der Waals surface area contributed by atoms with Gasteiger partial charge in [-0.3, -0.25) is 4.79 Å². The van der Waals surface area contributed by atoms with Crippen molar-refractivity contribution in [3.63, 3.8) is 0 Å². The summed E-state index contributed by atoms with van der Waals surface area (Å²) in [5.74, 6) is -0.466. The third kappa shape index (κ3) is 4.98. The van der Waals surface area contributed by atoms with Crippen molar-refractivity contribution in [1.29, 1.82) is 0 Å². The van der Waals surface area contributed by atoms with Crippen LogP contribution >= 0.6 is 23.2 Å². The van der Waals surface area contributed by atoms with Gasteiger partial charge in [0.05, 0.1) is 22.7 Å². The van der Waals surface area contributed by atoms with E-state index in [2.05, 4.69) is 10.1 Å². The van der Waals surface area contributed by atoms with Gasteiger partial charge in [0, 0.05) is 13.0 Å². The Labute approximate surface area is 150 Å². The second kappa shape index (κ2) is 8.71. The summed E-state index contributed by atoms with van der Waals surface area (Å²) in [7, 11) is 1.34. The molecule has 4 nitrogen and oxygen atoms in total. The summed E-state index contributed by atoms with van der Waals surface area (Å²) in [5.41, 5.74) is 2.22. The first-order chi connectivity index (χ1) is 11.5. The van der Waals surface area contributed by atoms with E-state index in [-0.39, 0.29) is 11.9 Å². The number of hydrogen-bond acceptors (Lipinski definition) is 3. The highest BCUT2D eigenvalue weighted by Crippen LogP contribution is 2.26. The third-order valence-electron chi connectivity index (χ3n) is 3.52. The number of rotatable bonds is 6. The molecule has 0 aliphatic rings. The molecule has 2 aromatic carbocycles. The van der Waals surface area contributed by atoms with Crippen LogP contribution in [0.1, 0.15) is 27.9 Å². The molecular weight excluding hydrogens is 349 g/mol. The number of esters is 1. The largest absolute Gasteiger partial charge is 0.465 e. The molecule has 0 radical (unpaired) electrons. The number of amides is 1. The highest BCUT2D eigenvalue weighted by atomic mass is 35.5. The lowest BCUT2D eigenvalue weighted by molar-refractivity contribution is -0.121. The molecule has 2 aromatic rings. The lowest BCUT2D eigenvalue weighted by atomic mass is 10.1. The van der Waals surface area contributed by atoms with E-state index in [1.165, 1.54) is 7.11 Å². The van der Waals surface area contributed by atoms with Gasteiger partial charge in [-0.1, -0.05) is 47.5 Å². The average Bonchev–Trinajstić information content (AvgIpc) is 2.61. The van der Waals surface area contributed by atoms with Gasteiger partial charge in [-0.15, -0.1) is 0 Å². The molecule has 24 heavy (non-hydrogen) atoms. The number of carbonyl (C=O) groups excluding carboxylic acids is 2. The number of benzene rings is 2. The second-order valence-corrected chi connectivity index (χ2v) is 5.96. The standard InChI is InChI=1S/C18H17Cl2NO3/c1-24-18(23)14-7-5-12(6-8-14)11-21-16(22)10-9-13-3-2-4-15(19)17(13)20/h2-8H,9-11H2,1H3,(H,21,22). The SMILES string of the molecule is COC(=O)c1ccc(CNC(=O)CCc2cccc(Cl)c2Cl)cc1. The van der Waals surface area contributed by atoms with E-state index < -0.39 is 0 Å². The number of hydrogen-bond donors (Lipinski definition) is 1. The number of halogens is 2. The fourth-order valence-corrected chi connectivity index (χ4v) is 2.57. The van der Waals surface area contributed by atoms with Crippen molar-refractivity contribution in [2.24, 2.45) is 0 Å². The van der Waals surface area contributed by atoms with E-state index in [1.807, 2.05) is 12.1 Å². The summed E-state index contributed by atoms with van der Waals surface area (Å²) in [6.07, 6.45) is 0.840. The van der Waals surface area contributed by atoms with Crippen molar-refractivity contribution in [2.45, 2.75) is 19.4 Å². The molecule has 0 saturated carbocycles. The molecular formula is C18H17Cl2NO3. The first kappa shape index (κ1) is 18.3. The minimum absolute atomic E-state index is 0.0805. The Morgan fingerprint density at radius 1 is 1.08 bits per heavy atom. The molecule has 2 rings (SSSR count). The maximum Gasteiger partial charge on any atom is 0.337 e. The van der Waals surface area contributed by atoms with Crippen LogP contribution in [0.15, 0.2) is 42.5 Å². The minimum atomic E-state index is -0.385. The van der Waals surface area contributed by atoms with Crippen LogP contribution in [0.5, 0.6) is 0 Å². The first-order valence-electron chi connectivity index (χ1n) is 7.38. The second-order valence-electron chi connectivity index (χ2n) is 5.18. The van der Waals surface area contributed by atoms with Crippen molar-refractivity contribution >= 4 is 35.1 Å². The van der Waals surface area contributed by atoms with Crippen molar-refractivity contribution in [1.82, 2.24) is 5.32 Å². The predicted octanol–water partition coefficient (Wildman–Crippen LogP) is 4.03. The van der Waals surface area contributed by atoms with Crippen LogP contribution in [0.3, 0.4) is 0 Å². The van der Waals surface area contributed by atoms with Gasteiger partial charge in [0.25, 0.3) is 0 Å². The van der Waals surface area contributed by atoms with E-state index in [9.17, 15) is 9.59 Å². The lowest BCUT2D eigenvalue weighted by Gasteiger charge is -2.08. The van der Waals surface area contributed by atoms with Gasteiger partial charge in [-0.25, -0.2) is 4.79 Å². The van der Waals surface area contributed by atoms with Gasteiger partial charge in [0.15, 0.2) is 0 Å². The molecule has 6 heteroatoms. The van der Waals surface area contributed by atoms with Crippen molar-refractivity contribution in [3.05, 3.63) is 69.2 Å². The maximum atomic E-state index is 11.9. The summed E-state index contributed by atoms with van der Waals surface area (Å²) in [4.78, 5) is 23.3. The van der Waals surface area contributed by atoms with Crippen molar-refractivity contribution in [3.8, 4) is 0 Å². The Hall–Kier alpha value is -2.04. The predicted molar refractivity (Wildman–Crippen MR) is 94.4 cm³/mol. The van der Waals surface area contributed by atoms with Gasteiger partial charge in [0.2, 0.25) is 5.91 Å². The van der Waals surface area contributed by atoms with Crippen LogP contribution in [-0.4, -0.2) is 19.0 Å². The number of ether oxygens (including phenoxy) is 1. The Morgan fingerprint density at radius 3 is 2.46 bits per heavy atom. The summed E-state index contributed by atoms with van der Waals surface area (Å²) in [5, 5.41) is 3.81. The van der Waals surface area contributed by atoms with Crippen LogP contribution in [0.2, 0.25) is 10.0 Å². The number of nitrogens with one attached hydrogen (secondary N) is 1. The van der Waals surface area contributed by atoms with Gasteiger partial charge in [0.1, 0.15) is 0 Å². The zero-order valence-electron chi connectivity index (χ0n) is 13.1. The van der Waals surface area contributed by atoms with Crippen molar-refractivity contribution < 1.29 is 14.3 Å². The minimum Gasteiger partial charge on any atom is -0.465 e. The topological polar surface area (TPSA) is 55.4 Å². The molecule has 0 spiro atoms. The quantitative estimate of drug-likeness (QED) is 0.786. The molecule has 0 heterocycles. The van der Waals surface area contributed by atoms with E-state index in [0.29, 0.717) is 35.0 Å². The average molecular weight is 366 g/mol. The van der Waals surface area contributed by atoms with Crippen LogP contribution in [0.4, 0.5) is 0 Å². The molecule has 0 unspecified atom stereocenters. The fourth-order valence-electron chi connectivity index (χ4n) is 2.16. The third-order valence-corrected chi connectivity index (χ3v) is 4.38. The summed E-state index contributed by atoms with van der Waals surface area (Å²) in [6.45, 7) is 0.392. The zero-order chi connectivity index (χ0) is 17.5. The van der Waals surface area contributed by atoms with Crippen molar-refractivity contribution in [2.75, 3.05) is 7.11 Å². The molecule has 1 amide bonds. The van der Waals surface area contributed by atoms with Crippen LogP contribution in [0.25, 0.3) is 0 Å². The molecule has 0 bridgehead atoms. The highest BCUT2D eigenvalue weighted by molar-refractivity contribution is 6.42. The van der Waals surface area contributed by atoms with E-state index in [0.717, 1.165) is 11.1 Å². The molecule has 126 valence electrons. The number of methoxy groups -OCH3 is 1. The van der Waals surface area contributed by atoms with Crippen LogP contribution in [0, 0.1) is 0 Å². The Kier molecular flexibility index (Phi) is 6.64. The van der Waals surface area contributed by atoms with Gasteiger partial charge in [-0.05, 0) is 35.7 Å². The fraction of sp³-hybridized carbons (Fsp3) is 0.222. The number of aryl methyl sites for hydroxylation is 1.